The standard InChI is InChI=1S/C28H35N3O5/c1-17(2)19(4)29-27(33)25(30-26(32)22-8-6-5-7-18(22)3)20-11-13-31(14-12-20)28(34)21-9-10-23-24(15-21)36-16-35-23/h5-10,15,17,19-20,25H,11-14,16H2,1-4H3,(H,29,33)(H,30,32). The van der Waals surface area contributed by atoms with Crippen molar-refractivity contribution in [3.05, 3.63) is 59.2 Å². The molecule has 3 amide bonds. The molecule has 2 aliphatic rings. The molecule has 0 aromatic heterocycles. The maximum atomic E-state index is 13.3. The van der Waals surface area contributed by atoms with Crippen molar-refractivity contribution >= 4 is 17.7 Å². The van der Waals surface area contributed by atoms with Crippen LogP contribution in [0.1, 0.15) is 59.9 Å². The lowest BCUT2D eigenvalue weighted by Crippen LogP contribution is -2.55. The van der Waals surface area contributed by atoms with E-state index in [0.717, 1.165) is 5.56 Å². The maximum Gasteiger partial charge on any atom is 0.253 e. The Balaban J connectivity index is 1.45. The lowest BCUT2D eigenvalue weighted by atomic mass is 9.87. The molecule has 0 radical (unpaired) electrons. The average Bonchev–Trinajstić information content (AvgIpc) is 3.35. The summed E-state index contributed by atoms with van der Waals surface area (Å²) in [7, 11) is 0. The van der Waals surface area contributed by atoms with Crippen molar-refractivity contribution in [3.8, 4) is 11.5 Å². The minimum absolute atomic E-state index is 0.0250. The molecule has 8 heteroatoms. The fourth-order valence-corrected chi connectivity index (χ4v) is 4.57. The molecule has 4 rings (SSSR count). The molecular formula is C28H35N3O5. The number of piperidine rings is 1. The number of amides is 3. The van der Waals surface area contributed by atoms with Gasteiger partial charge in [0.15, 0.2) is 11.5 Å². The Kier molecular flexibility index (Phi) is 7.82. The van der Waals surface area contributed by atoms with Gasteiger partial charge in [0.1, 0.15) is 6.04 Å². The number of likely N-dealkylation sites (tertiary alicyclic amines) is 1. The minimum atomic E-state index is -0.680. The van der Waals surface area contributed by atoms with Gasteiger partial charge >= 0.3 is 0 Å². The van der Waals surface area contributed by atoms with Crippen LogP contribution < -0.4 is 20.1 Å². The molecule has 1 fully saturated rings. The van der Waals surface area contributed by atoms with E-state index in [4.69, 9.17) is 9.47 Å². The Labute approximate surface area is 212 Å². The van der Waals surface area contributed by atoms with Gasteiger partial charge < -0.3 is 25.0 Å². The molecule has 8 nitrogen and oxygen atoms in total. The van der Waals surface area contributed by atoms with Crippen LogP contribution in [0.25, 0.3) is 0 Å². The van der Waals surface area contributed by atoms with E-state index in [-0.39, 0.29) is 42.4 Å². The average molecular weight is 494 g/mol. The van der Waals surface area contributed by atoms with Gasteiger partial charge in [-0.05, 0) is 68.4 Å². The number of carbonyl (C=O) groups excluding carboxylic acids is 3. The fraction of sp³-hybridized carbons (Fsp3) is 0.464. The number of nitrogens with zero attached hydrogens (tertiary/aromatic N) is 1. The van der Waals surface area contributed by atoms with Crippen molar-refractivity contribution in [2.75, 3.05) is 19.9 Å². The van der Waals surface area contributed by atoms with E-state index in [2.05, 4.69) is 10.6 Å². The quantitative estimate of drug-likeness (QED) is 0.615. The second-order valence-electron chi connectivity index (χ2n) is 10.0. The molecule has 192 valence electrons. The zero-order valence-corrected chi connectivity index (χ0v) is 21.4. The molecule has 2 heterocycles. The number of carbonyl (C=O) groups is 3. The highest BCUT2D eigenvalue weighted by Gasteiger charge is 2.35. The van der Waals surface area contributed by atoms with E-state index in [9.17, 15) is 14.4 Å². The van der Waals surface area contributed by atoms with Crippen LogP contribution in [0.4, 0.5) is 0 Å². The molecule has 2 unspecified atom stereocenters. The highest BCUT2D eigenvalue weighted by atomic mass is 16.7. The summed E-state index contributed by atoms with van der Waals surface area (Å²) in [6.45, 7) is 9.10. The van der Waals surface area contributed by atoms with Gasteiger partial charge in [0, 0.05) is 30.3 Å². The summed E-state index contributed by atoms with van der Waals surface area (Å²) in [5.74, 6) is 0.874. The smallest absolute Gasteiger partial charge is 0.253 e. The van der Waals surface area contributed by atoms with Crippen molar-refractivity contribution in [2.24, 2.45) is 11.8 Å². The number of hydrogen-bond acceptors (Lipinski definition) is 5. The highest BCUT2D eigenvalue weighted by Crippen LogP contribution is 2.33. The SMILES string of the molecule is Cc1ccccc1C(=O)NC(C(=O)NC(C)C(C)C)C1CCN(C(=O)c2ccc3c(c2)OCO3)CC1. The van der Waals surface area contributed by atoms with E-state index in [1.165, 1.54) is 0 Å². The largest absolute Gasteiger partial charge is 0.454 e. The highest BCUT2D eigenvalue weighted by molar-refractivity contribution is 5.99. The van der Waals surface area contributed by atoms with Gasteiger partial charge in [0.2, 0.25) is 12.7 Å². The zero-order chi connectivity index (χ0) is 25.8. The van der Waals surface area contributed by atoms with Gasteiger partial charge in [0.25, 0.3) is 11.8 Å². The Morgan fingerprint density at radius 3 is 2.33 bits per heavy atom. The first-order valence-electron chi connectivity index (χ1n) is 12.6. The summed E-state index contributed by atoms with van der Waals surface area (Å²) in [6.07, 6.45) is 1.22. The van der Waals surface area contributed by atoms with E-state index >= 15 is 0 Å². The number of nitrogens with one attached hydrogen (secondary N) is 2. The summed E-state index contributed by atoms with van der Waals surface area (Å²) in [4.78, 5) is 41.3. The van der Waals surface area contributed by atoms with Crippen LogP contribution in [0, 0.1) is 18.8 Å². The third-order valence-electron chi connectivity index (χ3n) is 7.25. The normalized spacial score (nSPS) is 17.0. The summed E-state index contributed by atoms with van der Waals surface area (Å²) >= 11 is 0. The first kappa shape index (κ1) is 25.5. The van der Waals surface area contributed by atoms with Crippen LogP contribution in [0.2, 0.25) is 0 Å². The van der Waals surface area contributed by atoms with Crippen molar-refractivity contribution in [3.63, 3.8) is 0 Å². The molecule has 2 atom stereocenters. The van der Waals surface area contributed by atoms with Crippen LogP contribution in [0.3, 0.4) is 0 Å². The van der Waals surface area contributed by atoms with Gasteiger partial charge in [-0.15, -0.1) is 0 Å². The van der Waals surface area contributed by atoms with Gasteiger partial charge in [-0.25, -0.2) is 0 Å². The molecule has 0 spiro atoms. The van der Waals surface area contributed by atoms with Crippen LogP contribution in [-0.4, -0.2) is 54.6 Å². The minimum Gasteiger partial charge on any atom is -0.454 e. The monoisotopic (exact) mass is 493 g/mol. The number of rotatable bonds is 7. The zero-order valence-electron chi connectivity index (χ0n) is 21.4. The molecule has 0 saturated carbocycles. The summed E-state index contributed by atoms with van der Waals surface area (Å²) in [5, 5.41) is 6.08. The fourth-order valence-electron chi connectivity index (χ4n) is 4.57. The predicted octanol–water partition coefficient (Wildman–Crippen LogP) is 3.54. The second-order valence-corrected chi connectivity index (χ2v) is 10.0. The van der Waals surface area contributed by atoms with Crippen molar-refractivity contribution in [1.82, 2.24) is 15.5 Å². The van der Waals surface area contributed by atoms with Gasteiger partial charge in [-0.2, -0.15) is 0 Å². The van der Waals surface area contributed by atoms with Crippen molar-refractivity contribution in [2.45, 2.75) is 52.6 Å². The molecule has 0 bridgehead atoms. The summed E-state index contributed by atoms with van der Waals surface area (Å²) < 4.78 is 10.7. The van der Waals surface area contributed by atoms with Crippen LogP contribution in [0.15, 0.2) is 42.5 Å². The summed E-state index contributed by atoms with van der Waals surface area (Å²) in [6, 6.07) is 11.8. The Hall–Kier alpha value is -3.55. The van der Waals surface area contributed by atoms with E-state index in [1.54, 1.807) is 29.2 Å². The Morgan fingerprint density at radius 2 is 1.64 bits per heavy atom. The second kappa shape index (κ2) is 11.0. The molecule has 36 heavy (non-hydrogen) atoms. The lowest BCUT2D eigenvalue weighted by Gasteiger charge is -2.36. The first-order valence-corrected chi connectivity index (χ1v) is 12.6. The summed E-state index contributed by atoms with van der Waals surface area (Å²) in [5.41, 5.74) is 1.96. The molecule has 0 aliphatic carbocycles. The molecule has 2 aromatic rings. The van der Waals surface area contributed by atoms with E-state index in [1.807, 2.05) is 45.9 Å². The van der Waals surface area contributed by atoms with Gasteiger partial charge in [0.05, 0.1) is 0 Å². The number of aryl methyl sites for hydroxylation is 1. The van der Waals surface area contributed by atoms with Gasteiger partial charge in [-0.1, -0.05) is 32.0 Å². The van der Waals surface area contributed by atoms with Crippen LogP contribution in [0.5, 0.6) is 11.5 Å². The maximum absolute atomic E-state index is 13.3. The lowest BCUT2D eigenvalue weighted by molar-refractivity contribution is -0.125. The Bertz CT molecular complexity index is 1120. The molecule has 2 N–H and O–H groups in total. The Morgan fingerprint density at radius 1 is 0.944 bits per heavy atom. The van der Waals surface area contributed by atoms with Crippen LogP contribution >= 0.6 is 0 Å². The molecule has 2 aromatic carbocycles. The topological polar surface area (TPSA) is 97.0 Å². The molecule has 1 saturated heterocycles. The van der Waals surface area contributed by atoms with E-state index < -0.39 is 6.04 Å². The van der Waals surface area contributed by atoms with Gasteiger partial charge in [-0.3, -0.25) is 14.4 Å². The predicted molar refractivity (Wildman–Crippen MR) is 136 cm³/mol. The molecular weight excluding hydrogens is 458 g/mol. The number of ether oxygens (including phenoxy) is 2. The van der Waals surface area contributed by atoms with E-state index in [0.29, 0.717) is 48.6 Å². The number of benzene rings is 2. The van der Waals surface area contributed by atoms with Crippen molar-refractivity contribution in [1.29, 1.82) is 0 Å². The molecule has 2 aliphatic heterocycles. The number of hydrogen-bond donors (Lipinski definition) is 2. The third kappa shape index (κ3) is 5.64. The third-order valence-corrected chi connectivity index (χ3v) is 7.25. The van der Waals surface area contributed by atoms with Crippen molar-refractivity contribution < 1.29 is 23.9 Å². The van der Waals surface area contributed by atoms with Crippen LogP contribution in [-0.2, 0) is 4.79 Å². The number of fused-ring (bicyclic) bond motifs is 1. The first-order chi connectivity index (χ1) is 17.2.